The molecular weight excluding hydrogens is 353 g/mol. The van der Waals surface area contributed by atoms with Crippen molar-refractivity contribution < 1.29 is 14.3 Å². The number of halogens is 2. The number of amides is 1. The van der Waals surface area contributed by atoms with E-state index in [2.05, 4.69) is 9.97 Å². The van der Waals surface area contributed by atoms with Crippen LogP contribution in [0.1, 0.15) is 27.8 Å². The van der Waals surface area contributed by atoms with Gasteiger partial charge in [-0.05, 0) is 24.6 Å². The number of hydrogen-bond donors (Lipinski definition) is 0. The molecule has 8 heteroatoms. The Labute approximate surface area is 149 Å². The Bertz CT molecular complexity index is 766. The fourth-order valence-corrected chi connectivity index (χ4v) is 2.42. The highest BCUT2D eigenvalue weighted by Gasteiger charge is 2.31. The highest BCUT2D eigenvalue weighted by Crippen LogP contribution is 2.29. The van der Waals surface area contributed by atoms with E-state index < -0.39 is 17.9 Å². The third-order valence-corrected chi connectivity index (χ3v) is 4.13. The van der Waals surface area contributed by atoms with Crippen LogP contribution in [0.3, 0.4) is 0 Å². The number of nitrogens with zero attached hydrogens (tertiary/aromatic N) is 3. The lowest BCUT2D eigenvalue weighted by Gasteiger charge is -2.26. The number of aryl methyl sites for hydroxylation is 1. The van der Waals surface area contributed by atoms with E-state index in [0.717, 1.165) is 0 Å². The molecule has 0 aliphatic carbocycles. The van der Waals surface area contributed by atoms with Crippen LogP contribution >= 0.6 is 23.2 Å². The van der Waals surface area contributed by atoms with E-state index in [4.69, 9.17) is 27.9 Å². The van der Waals surface area contributed by atoms with Gasteiger partial charge in [-0.25, -0.2) is 9.78 Å². The number of esters is 1. The molecule has 1 atom stereocenters. The van der Waals surface area contributed by atoms with Crippen molar-refractivity contribution in [3.8, 4) is 0 Å². The van der Waals surface area contributed by atoms with Crippen molar-refractivity contribution in [1.29, 1.82) is 0 Å². The van der Waals surface area contributed by atoms with Crippen LogP contribution in [0.5, 0.6) is 0 Å². The second-order valence-corrected chi connectivity index (χ2v) is 5.87. The van der Waals surface area contributed by atoms with Crippen molar-refractivity contribution in [3.05, 3.63) is 57.6 Å². The Morgan fingerprint density at radius 3 is 2.42 bits per heavy atom. The van der Waals surface area contributed by atoms with E-state index in [1.807, 2.05) is 0 Å². The molecule has 126 valence electrons. The number of ether oxygens (including phenoxy) is 1. The first kappa shape index (κ1) is 18.2. The van der Waals surface area contributed by atoms with Crippen LogP contribution < -0.4 is 0 Å². The van der Waals surface area contributed by atoms with Crippen molar-refractivity contribution in [1.82, 2.24) is 14.9 Å². The van der Waals surface area contributed by atoms with Gasteiger partial charge in [-0.15, -0.1) is 0 Å². The van der Waals surface area contributed by atoms with Crippen molar-refractivity contribution in [2.45, 2.75) is 13.0 Å². The summed E-state index contributed by atoms with van der Waals surface area (Å²) in [5.74, 6) is -1.08. The van der Waals surface area contributed by atoms with E-state index >= 15 is 0 Å². The first-order valence-corrected chi connectivity index (χ1v) is 7.69. The molecule has 0 aliphatic rings. The largest absolute Gasteiger partial charge is 0.467 e. The van der Waals surface area contributed by atoms with E-state index in [0.29, 0.717) is 16.3 Å². The quantitative estimate of drug-likeness (QED) is 0.776. The Balaban J connectivity index is 2.39. The van der Waals surface area contributed by atoms with Crippen LogP contribution in [-0.4, -0.2) is 40.9 Å². The summed E-state index contributed by atoms with van der Waals surface area (Å²) in [7, 11) is 2.73. The summed E-state index contributed by atoms with van der Waals surface area (Å²) < 4.78 is 4.82. The molecule has 0 saturated heterocycles. The Morgan fingerprint density at radius 2 is 1.88 bits per heavy atom. The summed E-state index contributed by atoms with van der Waals surface area (Å²) >= 11 is 11.9. The maximum Gasteiger partial charge on any atom is 0.333 e. The molecule has 6 nitrogen and oxygen atoms in total. The van der Waals surface area contributed by atoms with Gasteiger partial charge < -0.3 is 9.64 Å². The number of rotatable bonds is 4. The van der Waals surface area contributed by atoms with Gasteiger partial charge in [-0.2, -0.15) is 0 Å². The minimum absolute atomic E-state index is 0.122. The van der Waals surface area contributed by atoms with Gasteiger partial charge in [-0.1, -0.05) is 29.3 Å². The zero-order valence-corrected chi connectivity index (χ0v) is 14.8. The molecule has 1 heterocycles. The molecule has 1 aromatic heterocycles. The number of hydrogen-bond acceptors (Lipinski definition) is 5. The van der Waals surface area contributed by atoms with E-state index in [-0.39, 0.29) is 10.7 Å². The molecule has 0 fully saturated rings. The van der Waals surface area contributed by atoms with Crippen LogP contribution in [0.15, 0.2) is 30.6 Å². The average Bonchev–Trinajstić information content (AvgIpc) is 2.58. The van der Waals surface area contributed by atoms with Crippen LogP contribution in [0, 0.1) is 6.92 Å². The van der Waals surface area contributed by atoms with Crippen molar-refractivity contribution in [2.75, 3.05) is 14.2 Å². The van der Waals surface area contributed by atoms with Crippen molar-refractivity contribution in [3.63, 3.8) is 0 Å². The molecule has 2 rings (SSSR count). The fraction of sp³-hybridized carbons (Fsp3) is 0.250. The van der Waals surface area contributed by atoms with E-state index in [1.165, 1.54) is 37.5 Å². The monoisotopic (exact) mass is 367 g/mol. The Hall–Kier alpha value is -2.18. The third kappa shape index (κ3) is 3.83. The average molecular weight is 368 g/mol. The van der Waals surface area contributed by atoms with Crippen LogP contribution in [0.25, 0.3) is 0 Å². The summed E-state index contributed by atoms with van der Waals surface area (Å²) in [4.78, 5) is 34.1. The summed E-state index contributed by atoms with van der Waals surface area (Å²) in [6.45, 7) is 1.76. The fourth-order valence-electron chi connectivity index (χ4n) is 2.11. The molecule has 0 bridgehead atoms. The molecule has 24 heavy (non-hydrogen) atoms. The summed E-state index contributed by atoms with van der Waals surface area (Å²) in [5, 5.41) is 0.626. The molecule has 1 amide bonds. The molecule has 0 saturated carbocycles. The van der Waals surface area contributed by atoms with E-state index in [9.17, 15) is 9.59 Å². The van der Waals surface area contributed by atoms with E-state index in [1.54, 1.807) is 19.1 Å². The van der Waals surface area contributed by atoms with Crippen molar-refractivity contribution >= 4 is 35.1 Å². The summed E-state index contributed by atoms with van der Waals surface area (Å²) in [6, 6.07) is 3.70. The highest BCUT2D eigenvalue weighted by molar-refractivity contribution is 6.42. The van der Waals surface area contributed by atoms with Gasteiger partial charge in [0.15, 0.2) is 6.04 Å². The molecule has 2 aromatic rings. The molecule has 1 aromatic carbocycles. The lowest BCUT2D eigenvalue weighted by Crippen LogP contribution is -2.37. The topological polar surface area (TPSA) is 72.4 Å². The second kappa shape index (κ2) is 7.59. The molecule has 0 spiro atoms. The maximum atomic E-state index is 12.6. The number of benzene rings is 1. The second-order valence-electron chi connectivity index (χ2n) is 5.06. The molecule has 0 radical (unpaired) electrons. The van der Waals surface area contributed by atoms with Crippen LogP contribution in [0.4, 0.5) is 0 Å². The summed E-state index contributed by atoms with van der Waals surface area (Å²) in [5.41, 5.74) is 1.28. The van der Waals surface area contributed by atoms with Gasteiger partial charge in [0.05, 0.1) is 29.0 Å². The van der Waals surface area contributed by atoms with Crippen LogP contribution in [0.2, 0.25) is 10.0 Å². The Kier molecular flexibility index (Phi) is 5.75. The third-order valence-electron chi connectivity index (χ3n) is 3.39. The van der Waals surface area contributed by atoms with Gasteiger partial charge in [0.2, 0.25) is 0 Å². The predicted molar refractivity (Wildman–Crippen MR) is 90.1 cm³/mol. The molecular formula is C16H15Cl2N3O3. The van der Waals surface area contributed by atoms with Crippen LogP contribution in [-0.2, 0) is 9.53 Å². The predicted octanol–water partition coefficient (Wildman–Crippen LogP) is 3.08. The summed E-state index contributed by atoms with van der Waals surface area (Å²) in [6.07, 6.45) is 2.84. The zero-order chi connectivity index (χ0) is 17.9. The number of aromatic nitrogens is 2. The van der Waals surface area contributed by atoms with Gasteiger partial charge in [0.1, 0.15) is 5.69 Å². The van der Waals surface area contributed by atoms with Gasteiger partial charge in [0, 0.05) is 13.2 Å². The highest BCUT2D eigenvalue weighted by atomic mass is 35.5. The van der Waals surface area contributed by atoms with Gasteiger partial charge >= 0.3 is 5.97 Å². The first-order valence-electron chi connectivity index (χ1n) is 6.93. The number of carbonyl (C=O) groups excluding carboxylic acids is 2. The maximum absolute atomic E-state index is 12.6. The Morgan fingerprint density at radius 1 is 1.17 bits per heavy atom. The minimum Gasteiger partial charge on any atom is -0.467 e. The standard InChI is InChI=1S/C16H15Cl2N3O3/c1-9-7-20-13(8-19-9)15(22)21(2)14(16(23)24-3)10-4-5-11(17)12(18)6-10/h4-8,14H,1-3H3/t14-/m0/s1. The SMILES string of the molecule is COC(=O)[C@H](c1ccc(Cl)c(Cl)c1)N(C)C(=O)c1cnc(C)cn1. The van der Waals surface area contributed by atoms with Gasteiger partial charge in [0.25, 0.3) is 5.91 Å². The number of likely N-dealkylation sites (N-methyl/N-ethyl adjacent to an activating group) is 1. The van der Waals surface area contributed by atoms with Crippen molar-refractivity contribution in [2.24, 2.45) is 0 Å². The normalized spacial score (nSPS) is 11.7. The smallest absolute Gasteiger partial charge is 0.333 e. The number of methoxy groups -OCH3 is 1. The molecule has 0 unspecified atom stereocenters. The lowest BCUT2D eigenvalue weighted by atomic mass is 10.1. The molecule has 0 N–H and O–H groups in total. The lowest BCUT2D eigenvalue weighted by molar-refractivity contribution is -0.145. The first-order chi connectivity index (χ1) is 11.3. The zero-order valence-electron chi connectivity index (χ0n) is 13.3. The minimum atomic E-state index is -0.986. The molecule has 0 aliphatic heterocycles. The number of carbonyl (C=O) groups is 2. The van der Waals surface area contributed by atoms with Gasteiger partial charge in [-0.3, -0.25) is 9.78 Å².